The Morgan fingerprint density at radius 1 is 1.09 bits per heavy atom. The molecule has 0 unspecified atom stereocenters. The average Bonchev–Trinajstić information content (AvgIpc) is 3.00. The molecule has 0 radical (unpaired) electrons. The van der Waals surface area contributed by atoms with Gasteiger partial charge >= 0.3 is 5.97 Å². The Bertz CT molecular complexity index is 1130. The molecule has 0 saturated heterocycles. The molecule has 7 heteroatoms. The molecule has 4 aliphatic carbocycles. The number of alkyl halides is 1. The minimum atomic E-state index is -0.250. The van der Waals surface area contributed by atoms with Crippen molar-refractivity contribution in [1.29, 1.82) is 0 Å². The molecular formula is C26H28BrCl2NO3. The van der Waals surface area contributed by atoms with Crippen molar-refractivity contribution in [3.05, 3.63) is 51.3 Å². The number of benzene rings is 1. The van der Waals surface area contributed by atoms with Crippen LogP contribution < -0.4 is 0 Å². The average molecular weight is 553 g/mol. The summed E-state index contributed by atoms with van der Waals surface area (Å²) >= 11 is 16.2. The highest BCUT2D eigenvalue weighted by atomic mass is 79.9. The van der Waals surface area contributed by atoms with Crippen LogP contribution in [0.25, 0.3) is 5.69 Å². The van der Waals surface area contributed by atoms with Crippen LogP contribution in [0.5, 0.6) is 0 Å². The summed E-state index contributed by atoms with van der Waals surface area (Å²) < 4.78 is 7.69. The summed E-state index contributed by atoms with van der Waals surface area (Å²) in [5, 5.41) is 0.939. The van der Waals surface area contributed by atoms with E-state index in [1.807, 2.05) is 30.5 Å². The van der Waals surface area contributed by atoms with E-state index in [0.29, 0.717) is 33.9 Å². The molecule has 1 heterocycles. The third kappa shape index (κ3) is 4.41. The van der Waals surface area contributed by atoms with Gasteiger partial charge in [0.25, 0.3) is 0 Å². The van der Waals surface area contributed by atoms with Crippen molar-refractivity contribution in [3.63, 3.8) is 0 Å². The number of esters is 1. The van der Waals surface area contributed by atoms with Crippen molar-refractivity contribution in [2.75, 3.05) is 6.61 Å². The molecule has 4 aliphatic rings. The highest BCUT2D eigenvalue weighted by Crippen LogP contribution is 2.65. The van der Waals surface area contributed by atoms with Gasteiger partial charge in [0, 0.05) is 27.0 Å². The number of rotatable bonds is 6. The van der Waals surface area contributed by atoms with Crippen molar-refractivity contribution in [2.45, 2.75) is 63.1 Å². The van der Waals surface area contributed by atoms with Gasteiger partial charge in [0.1, 0.15) is 0 Å². The SMILES string of the molecule is Cc1cc(C(=O)COC(=O)CC23C[C@@H]4C[C@H](CC(Br)(C4)C2)C3)c(C)n1-c1ccc(Cl)c(Cl)c1. The maximum Gasteiger partial charge on any atom is 0.306 e. The standard InChI is InChI=1S/C26H28BrCl2NO3/c1-15-5-20(16(2)30(15)19-3-4-21(28)22(29)7-19)23(31)13-33-24(32)12-25-8-17-6-18(9-25)11-26(27,10-17)14-25/h3-5,7,17-18H,6,8-14H2,1-2H3/t17-,18-,25?,26?/m0/s1. The fourth-order valence-electron chi connectivity index (χ4n) is 7.19. The molecule has 33 heavy (non-hydrogen) atoms. The lowest BCUT2D eigenvalue weighted by molar-refractivity contribution is -0.149. The summed E-state index contributed by atoms with van der Waals surface area (Å²) in [5.74, 6) is 0.989. The topological polar surface area (TPSA) is 48.3 Å². The molecule has 0 spiro atoms. The van der Waals surface area contributed by atoms with Gasteiger partial charge < -0.3 is 9.30 Å². The molecule has 4 saturated carbocycles. The summed E-state index contributed by atoms with van der Waals surface area (Å²) in [6, 6.07) is 7.22. The highest BCUT2D eigenvalue weighted by molar-refractivity contribution is 9.10. The Labute approximate surface area is 213 Å². The molecule has 1 aromatic heterocycles. The number of ether oxygens (including phenoxy) is 1. The molecule has 4 fully saturated rings. The van der Waals surface area contributed by atoms with Gasteiger partial charge in [-0.05, 0) is 93.9 Å². The molecule has 2 aromatic rings. The lowest BCUT2D eigenvalue weighted by Gasteiger charge is -2.60. The van der Waals surface area contributed by atoms with Crippen molar-refractivity contribution >= 4 is 50.9 Å². The van der Waals surface area contributed by atoms with E-state index in [1.54, 1.807) is 12.1 Å². The van der Waals surface area contributed by atoms with Crippen molar-refractivity contribution in [2.24, 2.45) is 17.3 Å². The van der Waals surface area contributed by atoms with Gasteiger partial charge in [-0.25, -0.2) is 0 Å². The number of halogens is 3. The predicted molar refractivity (Wildman–Crippen MR) is 134 cm³/mol. The van der Waals surface area contributed by atoms with Gasteiger partial charge in [0.2, 0.25) is 5.78 Å². The van der Waals surface area contributed by atoms with Crippen LogP contribution in [0.1, 0.15) is 66.7 Å². The fourth-order valence-corrected chi connectivity index (χ4v) is 8.99. The third-order valence-electron chi connectivity index (χ3n) is 7.89. The van der Waals surface area contributed by atoms with Crippen LogP contribution in [0.2, 0.25) is 10.0 Å². The van der Waals surface area contributed by atoms with Gasteiger partial charge in [-0.15, -0.1) is 0 Å². The van der Waals surface area contributed by atoms with Crippen LogP contribution in [0.3, 0.4) is 0 Å². The first kappa shape index (κ1) is 23.4. The second-order valence-electron chi connectivity index (χ2n) is 10.6. The fraction of sp³-hybridized carbons (Fsp3) is 0.538. The largest absolute Gasteiger partial charge is 0.457 e. The number of nitrogens with zero attached hydrogens (tertiary/aromatic N) is 1. The maximum atomic E-state index is 13.0. The quantitative estimate of drug-likeness (QED) is 0.215. The Hall–Kier alpha value is -1.30. The monoisotopic (exact) mass is 551 g/mol. The summed E-state index contributed by atoms with van der Waals surface area (Å²) in [4.78, 5) is 25.8. The zero-order valence-electron chi connectivity index (χ0n) is 18.9. The van der Waals surface area contributed by atoms with Gasteiger partial charge in [-0.1, -0.05) is 39.1 Å². The smallest absolute Gasteiger partial charge is 0.306 e. The molecule has 6 rings (SSSR count). The van der Waals surface area contributed by atoms with E-state index < -0.39 is 0 Å². The van der Waals surface area contributed by atoms with Crippen LogP contribution in [0.15, 0.2) is 24.3 Å². The maximum absolute atomic E-state index is 13.0. The van der Waals surface area contributed by atoms with Gasteiger partial charge in [-0.3, -0.25) is 9.59 Å². The zero-order valence-corrected chi connectivity index (χ0v) is 22.0. The highest BCUT2D eigenvalue weighted by Gasteiger charge is 2.57. The normalized spacial score (nSPS) is 30.0. The molecule has 2 atom stereocenters. The summed E-state index contributed by atoms with van der Waals surface area (Å²) in [6.45, 7) is 3.59. The number of ketones is 1. The van der Waals surface area contributed by atoms with E-state index >= 15 is 0 Å². The van der Waals surface area contributed by atoms with Crippen molar-refractivity contribution in [1.82, 2.24) is 4.57 Å². The number of hydrogen-bond acceptors (Lipinski definition) is 3. The number of aromatic nitrogens is 1. The van der Waals surface area contributed by atoms with E-state index in [-0.39, 0.29) is 28.1 Å². The first-order valence-electron chi connectivity index (χ1n) is 11.6. The zero-order chi connectivity index (χ0) is 23.5. The molecule has 176 valence electrons. The molecule has 0 N–H and O–H groups in total. The number of Topliss-reactive ketones (excluding diaryl/α,β-unsaturated/α-hetero) is 1. The first-order valence-corrected chi connectivity index (χ1v) is 13.1. The van der Waals surface area contributed by atoms with E-state index in [9.17, 15) is 9.59 Å². The van der Waals surface area contributed by atoms with Crippen LogP contribution in [-0.4, -0.2) is 27.3 Å². The number of carbonyl (C=O) groups excluding carboxylic acids is 2. The third-order valence-corrected chi connectivity index (χ3v) is 9.55. The van der Waals surface area contributed by atoms with E-state index in [0.717, 1.165) is 36.3 Å². The summed E-state index contributed by atoms with van der Waals surface area (Å²) in [6.07, 6.45) is 7.46. The predicted octanol–water partition coefficient (Wildman–Crippen LogP) is 7.25. The second kappa shape index (κ2) is 8.42. The van der Waals surface area contributed by atoms with Crippen LogP contribution in [-0.2, 0) is 9.53 Å². The Morgan fingerprint density at radius 2 is 1.79 bits per heavy atom. The minimum absolute atomic E-state index is 0.0391. The summed E-state index contributed by atoms with van der Waals surface area (Å²) in [5.41, 5.74) is 3.12. The molecule has 4 nitrogen and oxygen atoms in total. The molecule has 0 aliphatic heterocycles. The van der Waals surface area contributed by atoms with Crippen LogP contribution in [0.4, 0.5) is 0 Å². The number of hydrogen-bond donors (Lipinski definition) is 0. The van der Waals surface area contributed by atoms with Crippen molar-refractivity contribution < 1.29 is 14.3 Å². The molecule has 0 amide bonds. The number of carbonyl (C=O) groups is 2. The lowest BCUT2D eigenvalue weighted by Crippen LogP contribution is -2.53. The van der Waals surface area contributed by atoms with Gasteiger partial charge in [0.05, 0.1) is 16.5 Å². The van der Waals surface area contributed by atoms with E-state index in [1.165, 1.54) is 19.3 Å². The van der Waals surface area contributed by atoms with E-state index in [4.69, 9.17) is 27.9 Å². The second-order valence-corrected chi connectivity index (χ2v) is 13.1. The van der Waals surface area contributed by atoms with E-state index in [2.05, 4.69) is 15.9 Å². The molecular weight excluding hydrogens is 525 g/mol. The Morgan fingerprint density at radius 3 is 2.42 bits per heavy atom. The first-order chi connectivity index (χ1) is 15.6. The minimum Gasteiger partial charge on any atom is -0.457 e. The number of aryl methyl sites for hydroxylation is 1. The molecule has 4 bridgehead atoms. The Kier molecular flexibility index (Phi) is 5.98. The van der Waals surface area contributed by atoms with Crippen molar-refractivity contribution in [3.8, 4) is 5.69 Å². The van der Waals surface area contributed by atoms with Crippen LogP contribution in [0, 0.1) is 31.1 Å². The summed E-state index contributed by atoms with van der Waals surface area (Å²) in [7, 11) is 0. The van der Waals surface area contributed by atoms with Crippen LogP contribution >= 0.6 is 39.1 Å². The van der Waals surface area contributed by atoms with Gasteiger partial charge in [0.15, 0.2) is 6.61 Å². The lowest BCUT2D eigenvalue weighted by atomic mass is 9.49. The van der Waals surface area contributed by atoms with Gasteiger partial charge in [-0.2, -0.15) is 0 Å². The molecule has 1 aromatic carbocycles. The Balaban J connectivity index is 1.25.